The molecule has 2 aliphatic rings. The van der Waals surface area contributed by atoms with Crippen molar-refractivity contribution in [1.29, 1.82) is 0 Å². The fraction of sp³-hybridized carbons (Fsp3) is 0.345. The molecule has 0 radical (unpaired) electrons. The maximum Gasteiger partial charge on any atom is 0.342 e. The van der Waals surface area contributed by atoms with Crippen LogP contribution < -0.4 is 0 Å². The summed E-state index contributed by atoms with van der Waals surface area (Å²) in [6.07, 6.45) is 2.87. The molecule has 0 amide bonds. The Morgan fingerprint density at radius 1 is 1.05 bits per heavy atom. The second-order valence-electron chi connectivity index (χ2n) is 9.48. The number of allylic oxidation sites excluding steroid dienone is 3. The standard InChI is InChI=1S/C29H26F6O2/c1-4-6-8-17-9-11-19(12-10-17)26(36)37-27(3)16-15-21-20-14-13-18(7-5-2)24(30)22(20)28(32,33)29(34,35)23(21)25(27)31/h4,9-16,25H,1,5-8H2,2-3H3. The van der Waals surface area contributed by atoms with Crippen LogP contribution in [0.15, 0.2) is 66.8 Å². The minimum atomic E-state index is -5.06. The van der Waals surface area contributed by atoms with Gasteiger partial charge in [-0.25, -0.2) is 13.6 Å². The first-order valence-electron chi connectivity index (χ1n) is 12.0. The van der Waals surface area contributed by atoms with E-state index in [1.54, 1.807) is 25.1 Å². The predicted molar refractivity (Wildman–Crippen MR) is 129 cm³/mol. The Bertz CT molecular complexity index is 1290. The van der Waals surface area contributed by atoms with Crippen LogP contribution in [0, 0.1) is 5.82 Å². The van der Waals surface area contributed by atoms with Gasteiger partial charge in [0.1, 0.15) is 5.82 Å². The van der Waals surface area contributed by atoms with Gasteiger partial charge in [-0.1, -0.05) is 49.8 Å². The van der Waals surface area contributed by atoms with Crippen molar-refractivity contribution in [3.8, 4) is 0 Å². The van der Waals surface area contributed by atoms with Crippen LogP contribution in [0.3, 0.4) is 0 Å². The molecule has 0 saturated carbocycles. The fourth-order valence-electron chi connectivity index (χ4n) is 4.77. The molecule has 2 aromatic rings. The van der Waals surface area contributed by atoms with E-state index in [1.165, 1.54) is 18.2 Å². The number of carbonyl (C=O) groups is 1. The number of rotatable bonds is 7. The number of hydrogen-bond acceptors (Lipinski definition) is 2. The molecule has 2 unspecified atom stereocenters. The van der Waals surface area contributed by atoms with E-state index in [4.69, 9.17) is 4.74 Å². The van der Waals surface area contributed by atoms with Gasteiger partial charge in [-0.3, -0.25) is 0 Å². The highest BCUT2D eigenvalue weighted by Gasteiger charge is 2.68. The van der Waals surface area contributed by atoms with Crippen molar-refractivity contribution in [2.45, 2.75) is 63.1 Å². The lowest BCUT2D eigenvalue weighted by atomic mass is 9.72. The van der Waals surface area contributed by atoms with E-state index < -0.39 is 57.7 Å². The van der Waals surface area contributed by atoms with E-state index in [0.717, 1.165) is 37.1 Å². The third kappa shape index (κ3) is 4.30. The lowest BCUT2D eigenvalue weighted by Gasteiger charge is -2.43. The third-order valence-corrected chi connectivity index (χ3v) is 6.85. The summed E-state index contributed by atoms with van der Waals surface area (Å²) in [5, 5.41) is 0. The van der Waals surface area contributed by atoms with Gasteiger partial charge in [-0.2, -0.15) is 17.6 Å². The Labute approximate surface area is 211 Å². The van der Waals surface area contributed by atoms with Gasteiger partial charge in [0.25, 0.3) is 0 Å². The summed E-state index contributed by atoms with van der Waals surface area (Å²) in [5.41, 5.74) is -5.50. The molecule has 0 spiro atoms. The monoisotopic (exact) mass is 520 g/mol. The first kappa shape index (κ1) is 26.8. The lowest BCUT2D eigenvalue weighted by Crippen LogP contribution is -2.53. The Balaban J connectivity index is 1.71. The second-order valence-corrected chi connectivity index (χ2v) is 9.48. The smallest absolute Gasteiger partial charge is 0.342 e. The zero-order valence-corrected chi connectivity index (χ0v) is 20.4. The lowest BCUT2D eigenvalue weighted by molar-refractivity contribution is -0.204. The Hall–Kier alpha value is -3.29. The molecule has 2 aromatic carbocycles. The molecule has 2 atom stereocenters. The SMILES string of the molecule is C=CCCc1ccc(C(=O)OC2(C)C=CC3=C(C2F)C(F)(F)C(F)(F)c2c3ccc(CCC)c2F)cc1. The first-order chi connectivity index (χ1) is 17.4. The normalized spacial score (nSPS) is 23.3. The highest BCUT2D eigenvalue weighted by atomic mass is 19.3. The molecule has 2 aliphatic carbocycles. The van der Waals surface area contributed by atoms with Gasteiger partial charge >= 0.3 is 17.8 Å². The molecular formula is C29H26F6O2. The summed E-state index contributed by atoms with van der Waals surface area (Å²) >= 11 is 0. The van der Waals surface area contributed by atoms with Gasteiger partial charge in [0, 0.05) is 0 Å². The highest BCUT2D eigenvalue weighted by molar-refractivity contribution is 5.91. The Morgan fingerprint density at radius 2 is 1.73 bits per heavy atom. The topological polar surface area (TPSA) is 26.3 Å². The second kappa shape index (κ2) is 9.54. The van der Waals surface area contributed by atoms with E-state index in [2.05, 4.69) is 6.58 Å². The number of aryl methyl sites for hydroxylation is 2. The summed E-state index contributed by atoms with van der Waals surface area (Å²) in [5.74, 6) is -12.5. The molecule has 0 heterocycles. The van der Waals surface area contributed by atoms with Gasteiger partial charge in [0.2, 0.25) is 0 Å². The minimum Gasteiger partial charge on any atom is -0.448 e. The van der Waals surface area contributed by atoms with Crippen molar-refractivity contribution in [3.05, 3.63) is 100 Å². The summed E-state index contributed by atoms with van der Waals surface area (Å²) < 4.78 is 97.0. The van der Waals surface area contributed by atoms with Gasteiger partial charge in [-0.05, 0) is 66.7 Å². The predicted octanol–water partition coefficient (Wildman–Crippen LogP) is 7.91. The van der Waals surface area contributed by atoms with Crippen LogP contribution in [0.1, 0.15) is 59.3 Å². The summed E-state index contributed by atoms with van der Waals surface area (Å²) in [6.45, 7) is 6.37. The number of hydrogen-bond donors (Lipinski definition) is 0. The number of fused-ring (bicyclic) bond motifs is 2. The quantitative estimate of drug-likeness (QED) is 0.211. The number of halogens is 6. The molecule has 2 nitrogen and oxygen atoms in total. The van der Waals surface area contributed by atoms with Crippen molar-refractivity contribution in [2.75, 3.05) is 0 Å². The van der Waals surface area contributed by atoms with Gasteiger partial charge < -0.3 is 4.74 Å². The molecule has 0 bridgehead atoms. The minimum absolute atomic E-state index is 0.0422. The molecule has 0 aromatic heterocycles. The number of carbonyl (C=O) groups excluding carboxylic acids is 1. The number of ether oxygens (including phenoxy) is 1. The first-order valence-corrected chi connectivity index (χ1v) is 12.0. The van der Waals surface area contributed by atoms with Crippen LogP contribution >= 0.6 is 0 Å². The number of benzene rings is 2. The van der Waals surface area contributed by atoms with Crippen molar-refractivity contribution in [2.24, 2.45) is 0 Å². The molecule has 0 saturated heterocycles. The van der Waals surface area contributed by atoms with Crippen molar-refractivity contribution >= 4 is 11.5 Å². The molecule has 0 N–H and O–H groups in total. The third-order valence-electron chi connectivity index (χ3n) is 6.85. The maximum absolute atomic E-state index is 15.8. The largest absolute Gasteiger partial charge is 0.448 e. The van der Waals surface area contributed by atoms with Crippen LogP contribution in [0.5, 0.6) is 0 Å². The zero-order valence-electron chi connectivity index (χ0n) is 20.4. The molecule has 196 valence electrons. The van der Waals surface area contributed by atoms with Crippen LogP contribution in [-0.4, -0.2) is 23.7 Å². The van der Waals surface area contributed by atoms with Gasteiger partial charge in [-0.15, -0.1) is 6.58 Å². The van der Waals surface area contributed by atoms with E-state index >= 15 is 26.3 Å². The van der Waals surface area contributed by atoms with E-state index in [1.807, 2.05) is 0 Å². The van der Waals surface area contributed by atoms with Gasteiger partial charge in [0.05, 0.1) is 16.7 Å². The van der Waals surface area contributed by atoms with Crippen LogP contribution in [0.25, 0.3) is 5.57 Å². The van der Waals surface area contributed by atoms with E-state index in [0.29, 0.717) is 12.8 Å². The van der Waals surface area contributed by atoms with E-state index in [-0.39, 0.29) is 17.5 Å². The Kier molecular flexibility index (Phi) is 6.90. The molecular weight excluding hydrogens is 494 g/mol. The van der Waals surface area contributed by atoms with Crippen molar-refractivity contribution < 1.29 is 35.9 Å². The summed E-state index contributed by atoms with van der Waals surface area (Å²) in [4.78, 5) is 12.7. The van der Waals surface area contributed by atoms with Crippen LogP contribution in [-0.2, 0) is 23.5 Å². The number of alkyl halides is 5. The molecule has 37 heavy (non-hydrogen) atoms. The molecule has 0 aliphatic heterocycles. The van der Waals surface area contributed by atoms with E-state index in [9.17, 15) is 4.79 Å². The van der Waals surface area contributed by atoms with Crippen LogP contribution in [0.4, 0.5) is 26.3 Å². The van der Waals surface area contributed by atoms with Crippen LogP contribution in [0.2, 0.25) is 0 Å². The molecule has 4 rings (SSSR count). The average molecular weight is 521 g/mol. The molecule has 8 heteroatoms. The Morgan fingerprint density at radius 3 is 2.35 bits per heavy atom. The van der Waals surface area contributed by atoms with Crippen molar-refractivity contribution in [3.63, 3.8) is 0 Å². The zero-order chi connectivity index (χ0) is 27.2. The van der Waals surface area contributed by atoms with Gasteiger partial charge in [0.15, 0.2) is 11.8 Å². The van der Waals surface area contributed by atoms with Crippen molar-refractivity contribution in [1.82, 2.24) is 0 Å². The summed E-state index contributed by atoms with van der Waals surface area (Å²) in [7, 11) is 0. The highest BCUT2D eigenvalue weighted by Crippen LogP contribution is 2.59. The fourth-order valence-corrected chi connectivity index (χ4v) is 4.77. The maximum atomic E-state index is 15.8. The summed E-state index contributed by atoms with van der Waals surface area (Å²) in [6, 6.07) is 8.59. The average Bonchev–Trinajstić information content (AvgIpc) is 2.85. The molecule has 0 fully saturated rings. The number of esters is 1.